The second-order valence-corrected chi connectivity index (χ2v) is 14.6. The third kappa shape index (κ3) is 7.42. The van der Waals surface area contributed by atoms with Gasteiger partial charge in [-0.25, -0.2) is 8.78 Å². The van der Waals surface area contributed by atoms with Gasteiger partial charge in [0, 0.05) is 63.2 Å². The molecule has 0 bridgehead atoms. The SMILES string of the molecule is [2H]C1([2H])N(CC2CCN(c3ccc(C(=C(CC)c4ccc(O)cc4)c4ccc(O)cc4)cc3)CC2)C([2H])([2H])C([2H])([2H])N(c2c(F)cc3c(c2F)C(=O)N(C2CCC(=O)NC2=O)C3=O)C1([2H])[2H]. The Balaban J connectivity index is 1.02. The van der Waals surface area contributed by atoms with Crippen molar-refractivity contribution in [3.8, 4) is 11.5 Å². The predicted molar refractivity (Wildman–Crippen MR) is 215 cm³/mol. The molecule has 0 radical (unpaired) electrons. The van der Waals surface area contributed by atoms with Crippen molar-refractivity contribution in [2.24, 2.45) is 5.92 Å². The van der Waals surface area contributed by atoms with Gasteiger partial charge >= 0.3 is 0 Å². The standard InChI is InChI=1S/C45H45F2N5O6/c1-2-34(28-5-11-32(53)12-6-28)39(30-7-13-33(54)14-8-30)29-3-9-31(10-4-29)50-19-17-27(18-20-50)26-49-21-23-51(24-22-49)42-36(46)25-35-40(41(42)47)45(58)52(44(35)57)37-15-16-38(55)48-43(37)56/h3-14,25,27,37,53-54H,2,15-24,26H2,1H3,(H,48,55,56)/i21D2,22D2,23D2,24D2. The summed E-state index contributed by atoms with van der Waals surface area (Å²) in [5.74, 6) is -8.46. The van der Waals surface area contributed by atoms with E-state index in [0.29, 0.717) is 48.2 Å². The number of nitrogens with zero attached hydrogens (tertiary/aromatic N) is 4. The molecule has 1 unspecified atom stereocenters. The molecule has 4 aromatic rings. The Hall–Kier alpha value is -6.08. The number of amides is 4. The first-order valence-electron chi connectivity index (χ1n) is 23.0. The highest BCUT2D eigenvalue weighted by Gasteiger charge is 2.47. The van der Waals surface area contributed by atoms with E-state index in [2.05, 4.69) is 4.90 Å². The second-order valence-electron chi connectivity index (χ2n) is 14.6. The number of fused-ring (bicyclic) bond motifs is 1. The number of anilines is 2. The van der Waals surface area contributed by atoms with Crippen molar-refractivity contribution in [3.63, 3.8) is 0 Å². The molecule has 0 aromatic heterocycles. The molecular formula is C45H45F2N5O6. The van der Waals surface area contributed by atoms with Crippen molar-refractivity contribution in [1.29, 1.82) is 0 Å². The van der Waals surface area contributed by atoms with Crippen LogP contribution in [0.5, 0.6) is 11.5 Å². The Morgan fingerprint density at radius 1 is 0.776 bits per heavy atom. The summed E-state index contributed by atoms with van der Waals surface area (Å²) in [4.78, 5) is 53.6. The van der Waals surface area contributed by atoms with E-state index in [4.69, 9.17) is 11.0 Å². The molecular weight excluding hydrogens is 745 g/mol. The molecule has 0 aliphatic carbocycles. The zero-order valence-corrected chi connectivity index (χ0v) is 31.4. The van der Waals surface area contributed by atoms with Crippen LogP contribution >= 0.6 is 0 Å². The number of phenols is 2. The Kier molecular flexibility index (Phi) is 8.32. The molecule has 4 amide bonds. The van der Waals surface area contributed by atoms with Crippen molar-refractivity contribution < 1.29 is 49.1 Å². The van der Waals surface area contributed by atoms with Gasteiger partial charge in [-0.1, -0.05) is 43.3 Å². The van der Waals surface area contributed by atoms with Crippen molar-refractivity contribution in [1.82, 2.24) is 15.1 Å². The van der Waals surface area contributed by atoms with Crippen LogP contribution in [0.1, 0.15) is 87.4 Å². The van der Waals surface area contributed by atoms with E-state index < -0.39 is 96.6 Å². The lowest BCUT2D eigenvalue weighted by atomic mass is 9.88. The molecule has 3 N–H and O–H groups in total. The Labute approximate surface area is 346 Å². The van der Waals surface area contributed by atoms with Gasteiger partial charge in [0.1, 0.15) is 29.0 Å². The van der Waals surface area contributed by atoms with E-state index in [0.717, 1.165) is 33.5 Å². The summed E-state index contributed by atoms with van der Waals surface area (Å²) in [6.45, 7) is -12.0. The maximum atomic E-state index is 16.6. The van der Waals surface area contributed by atoms with Gasteiger partial charge in [-0.2, -0.15) is 0 Å². The van der Waals surface area contributed by atoms with Crippen molar-refractivity contribution in [2.45, 2.75) is 45.1 Å². The number of hydrogen-bond donors (Lipinski definition) is 3. The summed E-state index contributed by atoms with van der Waals surface area (Å²) in [7, 11) is 0. The van der Waals surface area contributed by atoms with E-state index in [1.807, 2.05) is 60.8 Å². The smallest absolute Gasteiger partial charge is 0.265 e. The van der Waals surface area contributed by atoms with E-state index in [-0.39, 0.29) is 29.2 Å². The van der Waals surface area contributed by atoms with Gasteiger partial charge in [-0.3, -0.25) is 34.3 Å². The lowest BCUT2D eigenvalue weighted by molar-refractivity contribution is -0.136. The summed E-state index contributed by atoms with van der Waals surface area (Å²) in [5.41, 5.74) is 1.83. The van der Waals surface area contributed by atoms with Crippen LogP contribution in [0.4, 0.5) is 20.2 Å². The fraction of sp³-hybridized carbons (Fsp3) is 0.333. The highest BCUT2D eigenvalue weighted by molar-refractivity contribution is 6.24. The Bertz CT molecular complexity index is 2630. The van der Waals surface area contributed by atoms with E-state index in [1.54, 1.807) is 24.3 Å². The maximum absolute atomic E-state index is 16.6. The normalized spacial score (nSPS) is 25.2. The minimum atomic E-state index is -3.72. The fourth-order valence-electron chi connectivity index (χ4n) is 8.03. The summed E-state index contributed by atoms with van der Waals surface area (Å²) in [5, 5.41) is 21.9. The minimum absolute atomic E-state index is 0.119. The van der Waals surface area contributed by atoms with Crippen LogP contribution in [0.25, 0.3) is 11.1 Å². The molecule has 4 aliphatic heterocycles. The lowest BCUT2D eigenvalue weighted by Crippen LogP contribution is -2.54. The van der Waals surface area contributed by atoms with E-state index in [1.165, 1.54) is 0 Å². The second kappa shape index (κ2) is 16.0. The van der Waals surface area contributed by atoms with Crippen LogP contribution in [-0.4, -0.2) is 95.3 Å². The molecule has 3 fully saturated rings. The molecule has 0 saturated carbocycles. The molecule has 4 heterocycles. The van der Waals surface area contributed by atoms with Crippen molar-refractivity contribution in [2.75, 3.05) is 55.4 Å². The zero-order valence-electron chi connectivity index (χ0n) is 39.4. The van der Waals surface area contributed by atoms with E-state index in [9.17, 15) is 29.4 Å². The minimum Gasteiger partial charge on any atom is -0.508 e. The molecule has 1 atom stereocenters. The molecule has 13 heteroatoms. The number of rotatable bonds is 9. The number of nitrogens with one attached hydrogen (secondary N) is 1. The van der Waals surface area contributed by atoms with Gasteiger partial charge in [0.2, 0.25) is 11.8 Å². The number of phenolic OH excluding ortho intramolecular Hbond substituents is 2. The Morgan fingerprint density at radius 2 is 1.36 bits per heavy atom. The molecule has 300 valence electrons. The van der Waals surface area contributed by atoms with Crippen LogP contribution < -0.4 is 15.1 Å². The number of imide groups is 2. The summed E-state index contributed by atoms with van der Waals surface area (Å²) in [6, 6.07) is 20.4. The first-order chi connectivity index (χ1) is 31.0. The molecule has 3 saturated heterocycles. The fourth-order valence-corrected chi connectivity index (χ4v) is 8.03. The number of aromatic hydroxyl groups is 2. The predicted octanol–water partition coefficient (Wildman–Crippen LogP) is 6.18. The van der Waals surface area contributed by atoms with Crippen LogP contribution in [-0.2, 0) is 9.59 Å². The molecule has 4 aliphatic rings. The zero-order chi connectivity index (χ0) is 47.8. The number of hydrogen-bond acceptors (Lipinski definition) is 9. The van der Waals surface area contributed by atoms with Crippen molar-refractivity contribution >= 4 is 46.1 Å². The third-order valence-electron chi connectivity index (χ3n) is 11.0. The number of carbonyl (C=O) groups excluding carboxylic acids is 4. The first kappa shape index (κ1) is 30.1. The average molecular weight is 798 g/mol. The number of benzene rings is 4. The summed E-state index contributed by atoms with van der Waals surface area (Å²) in [6.07, 6.45) is 0.766. The van der Waals surface area contributed by atoms with Crippen LogP contribution in [0, 0.1) is 17.6 Å². The number of allylic oxidation sites excluding steroid dienone is 1. The van der Waals surface area contributed by atoms with Crippen LogP contribution in [0.3, 0.4) is 0 Å². The summed E-state index contributed by atoms with van der Waals surface area (Å²) < 4.78 is 104. The average Bonchev–Trinajstić information content (AvgIpc) is 3.51. The number of halogens is 2. The lowest BCUT2D eigenvalue weighted by Gasteiger charge is -2.40. The highest BCUT2D eigenvalue weighted by atomic mass is 19.1. The van der Waals surface area contributed by atoms with Gasteiger partial charge in [0.25, 0.3) is 11.8 Å². The quantitative estimate of drug-likeness (QED) is 0.134. The summed E-state index contributed by atoms with van der Waals surface area (Å²) >= 11 is 0. The topological polar surface area (TPSA) is 134 Å². The number of carbonyl (C=O) groups is 4. The van der Waals surface area contributed by atoms with Gasteiger partial charge in [-0.05, 0) is 102 Å². The van der Waals surface area contributed by atoms with Gasteiger partial charge < -0.3 is 20.0 Å². The molecule has 58 heavy (non-hydrogen) atoms. The monoisotopic (exact) mass is 797 g/mol. The van der Waals surface area contributed by atoms with Gasteiger partial charge in [-0.15, -0.1) is 0 Å². The van der Waals surface area contributed by atoms with Crippen molar-refractivity contribution in [3.05, 3.63) is 118 Å². The number of piperidine rings is 2. The van der Waals surface area contributed by atoms with E-state index >= 15 is 8.78 Å². The first-order valence-corrected chi connectivity index (χ1v) is 19.0. The van der Waals surface area contributed by atoms with Crippen LogP contribution in [0.15, 0.2) is 78.9 Å². The number of piperazine rings is 1. The molecule has 4 aromatic carbocycles. The van der Waals surface area contributed by atoms with Gasteiger partial charge in [0.15, 0.2) is 5.82 Å². The maximum Gasteiger partial charge on any atom is 0.265 e. The van der Waals surface area contributed by atoms with Gasteiger partial charge in [0.05, 0.1) is 16.6 Å². The third-order valence-corrected chi connectivity index (χ3v) is 11.0. The van der Waals surface area contributed by atoms with Crippen LogP contribution in [0.2, 0.25) is 0 Å². The Morgan fingerprint density at radius 3 is 1.95 bits per heavy atom. The highest BCUT2D eigenvalue weighted by Crippen LogP contribution is 2.38. The molecule has 11 nitrogen and oxygen atoms in total. The molecule has 0 spiro atoms. The molecule has 8 rings (SSSR count). The largest absolute Gasteiger partial charge is 0.508 e.